The Kier molecular flexibility index (Phi) is 7.89. The van der Waals surface area contributed by atoms with E-state index >= 15 is 0 Å². The van der Waals surface area contributed by atoms with Crippen molar-refractivity contribution in [3.63, 3.8) is 0 Å². The van der Waals surface area contributed by atoms with Gasteiger partial charge in [0.15, 0.2) is 11.5 Å². The molecule has 1 amide bonds. The Morgan fingerprint density at radius 1 is 1.12 bits per heavy atom. The number of aliphatic hydroxyl groups excluding tert-OH is 1. The standard InChI is InChI=1S/C33H39N5O5/c1-19-5-7-28(20(2)13-19)43-18-23(39)16-34-25-6-8-29(42-4)31(40)30(25)32-35-26-14-21-17-38(22-9-11-37(3)12-10-22)33(41)24(21)15-27(26)36-32/h5-8,13-15,22-23,34,39-40H,9-12,16-18H2,1-4H3,(H,35,36)/t23-/m1/s1. The lowest BCUT2D eigenvalue weighted by atomic mass is 10.0. The number of hydrogen-bond acceptors (Lipinski definition) is 8. The van der Waals surface area contributed by atoms with Gasteiger partial charge in [0.2, 0.25) is 0 Å². The number of carbonyl (C=O) groups excluding carboxylic acids is 1. The topological polar surface area (TPSA) is 123 Å². The lowest BCUT2D eigenvalue weighted by Gasteiger charge is -2.34. The fraction of sp³-hybridized carbons (Fsp3) is 0.394. The van der Waals surface area contributed by atoms with E-state index in [4.69, 9.17) is 14.5 Å². The maximum atomic E-state index is 13.4. The molecule has 0 radical (unpaired) electrons. The zero-order valence-corrected chi connectivity index (χ0v) is 25.1. The second-order valence-electron chi connectivity index (χ2n) is 11.7. The van der Waals surface area contributed by atoms with E-state index < -0.39 is 6.10 Å². The number of benzene rings is 3. The Morgan fingerprint density at radius 2 is 1.88 bits per heavy atom. The Balaban J connectivity index is 1.21. The van der Waals surface area contributed by atoms with Crippen molar-refractivity contribution in [1.29, 1.82) is 0 Å². The maximum absolute atomic E-state index is 13.4. The third-order valence-corrected chi connectivity index (χ3v) is 8.56. The first-order valence-electron chi connectivity index (χ1n) is 14.8. The highest BCUT2D eigenvalue weighted by molar-refractivity contribution is 6.02. The van der Waals surface area contributed by atoms with Gasteiger partial charge in [0, 0.05) is 30.4 Å². The second kappa shape index (κ2) is 11.8. The van der Waals surface area contributed by atoms with Crippen molar-refractivity contribution in [3.05, 3.63) is 64.7 Å². The van der Waals surface area contributed by atoms with E-state index in [9.17, 15) is 15.0 Å². The lowest BCUT2D eigenvalue weighted by Crippen LogP contribution is -2.43. The highest BCUT2D eigenvalue weighted by Crippen LogP contribution is 2.42. The van der Waals surface area contributed by atoms with Gasteiger partial charge in [0.25, 0.3) is 5.91 Å². The van der Waals surface area contributed by atoms with Gasteiger partial charge in [-0.15, -0.1) is 0 Å². The minimum atomic E-state index is -0.810. The van der Waals surface area contributed by atoms with Crippen molar-refractivity contribution in [2.75, 3.05) is 45.7 Å². The van der Waals surface area contributed by atoms with E-state index in [1.54, 1.807) is 12.1 Å². The number of fused-ring (bicyclic) bond motifs is 2. The number of phenolic OH excluding ortho intramolecular Hbond substituents is 1. The van der Waals surface area contributed by atoms with Gasteiger partial charge in [0.1, 0.15) is 24.3 Å². The first-order valence-corrected chi connectivity index (χ1v) is 14.8. The Labute approximate surface area is 251 Å². The number of aryl methyl sites for hydroxylation is 2. The van der Waals surface area contributed by atoms with E-state index in [0.29, 0.717) is 40.4 Å². The summed E-state index contributed by atoms with van der Waals surface area (Å²) < 4.78 is 11.2. The molecule has 1 aromatic heterocycles. The monoisotopic (exact) mass is 585 g/mol. The van der Waals surface area contributed by atoms with E-state index in [-0.39, 0.29) is 30.9 Å². The van der Waals surface area contributed by atoms with Gasteiger partial charge in [-0.3, -0.25) is 4.79 Å². The number of aromatic amines is 1. The smallest absolute Gasteiger partial charge is 0.254 e. The van der Waals surface area contributed by atoms with Crippen LogP contribution in [0.3, 0.4) is 0 Å². The zero-order chi connectivity index (χ0) is 30.2. The molecule has 226 valence electrons. The van der Waals surface area contributed by atoms with Gasteiger partial charge < -0.3 is 39.8 Å². The van der Waals surface area contributed by atoms with Crippen molar-refractivity contribution >= 4 is 22.6 Å². The summed E-state index contributed by atoms with van der Waals surface area (Å²) in [7, 11) is 3.61. The summed E-state index contributed by atoms with van der Waals surface area (Å²) in [5.41, 5.74) is 6.23. The van der Waals surface area contributed by atoms with Crippen molar-refractivity contribution in [3.8, 4) is 28.6 Å². The van der Waals surface area contributed by atoms with Crippen LogP contribution in [0, 0.1) is 13.8 Å². The van der Waals surface area contributed by atoms with Crippen molar-refractivity contribution < 1.29 is 24.5 Å². The number of aromatic nitrogens is 2. The number of rotatable bonds is 9. The predicted molar refractivity (Wildman–Crippen MR) is 166 cm³/mol. The summed E-state index contributed by atoms with van der Waals surface area (Å²) >= 11 is 0. The number of hydrogen-bond donors (Lipinski definition) is 4. The average Bonchev–Trinajstić information content (AvgIpc) is 3.54. The van der Waals surface area contributed by atoms with Crippen LogP contribution in [0.4, 0.5) is 5.69 Å². The number of imidazole rings is 1. The molecule has 1 atom stereocenters. The molecular formula is C33H39N5O5. The van der Waals surface area contributed by atoms with E-state index in [1.807, 2.05) is 49.1 Å². The average molecular weight is 586 g/mol. The molecular weight excluding hydrogens is 546 g/mol. The Hall–Kier alpha value is -4.28. The molecule has 1 fully saturated rings. The molecule has 2 aliphatic rings. The largest absolute Gasteiger partial charge is 0.504 e. The number of anilines is 1. The first-order chi connectivity index (χ1) is 20.7. The summed E-state index contributed by atoms with van der Waals surface area (Å²) in [5, 5.41) is 25.1. The highest BCUT2D eigenvalue weighted by Gasteiger charge is 2.34. The van der Waals surface area contributed by atoms with Gasteiger partial charge >= 0.3 is 0 Å². The number of aromatic hydroxyl groups is 1. The SMILES string of the molecule is COc1ccc(NC[C@@H](O)COc2ccc(C)cc2C)c(-c2nc3cc4c(cc3[nH]2)CN(C2CCN(C)CC2)C4=O)c1O. The summed E-state index contributed by atoms with van der Waals surface area (Å²) in [6.45, 7) is 6.86. The molecule has 6 rings (SSSR count). The zero-order valence-electron chi connectivity index (χ0n) is 25.1. The maximum Gasteiger partial charge on any atom is 0.254 e. The number of amides is 1. The molecule has 0 bridgehead atoms. The number of ether oxygens (including phenoxy) is 2. The molecule has 0 aliphatic carbocycles. The van der Waals surface area contributed by atoms with Crippen molar-refractivity contribution in [1.82, 2.24) is 19.8 Å². The lowest BCUT2D eigenvalue weighted by molar-refractivity contribution is 0.0617. The number of piperidine rings is 1. The van der Waals surface area contributed by atoms with Crippen LogP contribution in [0.5, 0.6) is 17.2 Å². The van der Waals surface area contributed by atoms with Crippen LogP contribution in [0.25, 0.3) is 22.4 Å². The van der Waals surface area contributed by atoms with Gasteiger partial charge in [-0.05, 0) is 88.3 Å². The molecule has 2 aliphatic heterocycles. The molecule has 10 heteroatoms. The molecule has 4 N–H and O–H groups in total. The third kappa shape index (κ3) is 5.72. The van der Waals surface area contributed by atoms with Crippen LogP contribution in [0.15, 0.2) is 42.5 Å². The fourth-order valence-electron chi connectivity index (χ4n) is 6.12. The molecule has 10 nitrogen and oxygen atoms in total. The van der Waals surface area contributed by atoms with Crippen molar-refractivity contribution in [2.45, 2.75) is 45.4 Å². The van der Waals surface area contributed by atoms with Crippen LogP contribution >= 0.6 is 0 Å². The van der Waals surface area contributed by atoms with Crippen LogP contribution in [0.2, 0.25) is 0 Å². The second-order valence-corrected chi connectivity index (χ2v) is 11.7. The minimum Gasteiger partial charge on any atom is -0.504 e. The normalized spacial score (nSPS) is 16.5. The molecule has 0 unspecified atom stereocenters. The van der Waals surface area contributed by atoms with Crippen molar-refractivity contribution in [2.24, 2.45) is 0 Å². The molecule has 0 spiro atoms. The number of nitrogens with one attached hydrogen (secondary N) is 2. The quantitative estimate of drug-likeness (QED) is 0.227. The van der Waals surface area contributed by atoms with Crippen LogP contribution in [-0.4, -0.2) is 88.4 Å². The first kappa shape index (κ1) is 28.8. The highest BCUT2D eigenvalue weighted by atomic mass is 16.5. The molecule has 3 heterocycles. The molecule has 3 aromatic carbocycles. The number of carbonyl (C=O) groups is 1. The van der Waals surface area contributed by atoms with Gasteiger partial charge in [-0.1, -0.05) is 17.7 Å². The van der Waals surface area contributed by atoms with Gasteiger partial charge in [-0.2, -0.15) is 0 Å². The molecule has 0 saturated carbocycles. The summed E-state index contributed by atoms with van der Waals surface area (Å²) in [6, 6.07) is 13.4. The Morgan fingerprint density at radius 3 is 2.63 bits per heavy atom. The summed E-state index contributed by atoms with van der Waals surface area (Å²) in [5.74, 6) is 1.43. The van der Waals surface area contributed by atoms with E-state index in [1.165, 1.54) is 7.11 Å². The summed E-state index contributed by atoms with van der Waals surface area (Å²) in [6.07, 6.45) is 1.15. The van der Waals surface area contributed by atoms with Crippen LogP contribution in [-0.2, 0) is 6.54 Å². The fourth-order valence-corrected chi connectivity index (χ4v) is 6.12. The van der Waals surface area contributed by atoms with Crippen LogP contribution < -0.4 is 14.8 Å². The molecule has 4 aromatic rings. The minimum absolute atomic E-state index is 0.0552. The number of methoxy groups -OCH3 is 1. The number of likely N-dealkylation sites (tertiary alicyclic amines) is 1. The summed E-state index contributed by atoms with van der Waals surface area (Å²) in [4.78, 5) is 25.8. The van der Waals surface area contributed by atoms with Gasteiger partial charge in [-0.25, -0.2) is 4.98 Å². The number of nitrogens with zero attached hydrogens (tertiary/aromatic N) is 3. The third-order valence-electron chi connectivity index (χ3n) is 8.56. The number of aliphatic hydroxyl groups is 1. The molecule has 43 heavy (non-hydrogen) atoms. The molecule has 1 saturated heterocycles. The number of H-pyrrole nitrogens is 1. The predicted octanol–water partition coefficient (Wildman–Crippen LogP) is 4.46. The van der Waals surface area contributed by atoms with E-state index in [0.717, 1.165) is 53.9 Å². The number of phenols is 1. The van der Waals surface area contributed by atoms with E-state index in [2.05, 4.69) is 22.2 Å². The Bertz CT molecular complexity index is 1660. The van der Waals surface area contributed by atoms with Gasteiger partial charge in [0.05, 0.1) is 23.7 Å². The van der Waals surface area contributed by atoms with Crippen LogP contribution in [0.1, 0.15) is 39.9 Å².